The molecule has 4 aromatic rings. The number of amides is 1. The van der Waals surface area contributed by atoms with Crippen LogP contribution in [0.2, 0.25) is 5.02 Å². The standard InChI is InChI=1S/C25H22BrClN4O2S/c1-13-7-15(3)23(18(26)8-13)33-12-22(32)31-25(34)28-17-6-4-5-16(10-17)24-29-20-9-14(2)19(27)11-21(20)30-24/h4-11H,12H2,1-3H3,(H,29,30)(H2,28,31,32,34). The predicted octanol–water partition coefficient (Wildman–Crippen LogP) is 6.46. The molecule has 6 nitrogen and oxygen atoms in total. The molecule has 3 N–H and O–H groups in total. The number of hydrogen-bond donors (Lipinski definition) is 3. The number of ether oxygens (including phenoxy) is 1. The fourth-order valence-electron chi connectivity index (χ4n) is 3.57. The Morgan fingerprint density at radius 2 is 1.94 bits per heavy atom. The number of anilines is 1. The maximum absolute atomic E-state index is 12.3. The Morgan fingerprint density at radius 3 is 2.71 bits per heavy atom. The van der Waals surface area contributed by atoms with Crippen molar-refractivity contribution in [2.45, 2.75) is 20.8 Å². The van der Waals surface area contributed by atoms with E-state index < -0.39 is 0 Å². The molecule has 9 heteroatoms. The summed E-state index contributed by atoms with van der Waals surface area (Å²) in [5, 5.41) is 6.54. The number of fused-ring (bicyclic) bond motifs is 1. The third-order valence-electron chi connectivity index (χ3n) is 5.13. The van der Waals surface area contributed by atoms with E-state index >= 15 is 0 Å². The van der Waals surface area contributed by atoms with Crippen LogP contribution in [0.4, 0.5) is 5.69 Å². The van der Waals surface area contributed by atoms with E-state index in [0.29, 0.717) is 16.6 Å². The SMILES string of the molecule is Cc1cc(C)c(OCC(=O)NC(=S)Nc2cccc(-c3nc4cc(Cl)c(C)cc4[nH]3)c2)c(Br)c1. The highest BCUT2D eigenvalue weighted by Gasteiger charge is 2.12. The summed E-state index contributed by atoms with van der Waals surface area (Å²) in [6.45, 7) is 5.72. The lowest BCUT2D eigenvalue weighted by Gasteiger charge is -2.13. The summed E-state index contributed by atoms with van der Waals surface area (Å²) >= 11 is 15.0. The van der Waals surface area contributed by atoms with Crippen LogP contribution in [0.1, 0.15) is 16.7 Å². The highest BCUT2D eigenvalue weighted by molar-refractivity contribution is 9.10. The first-order valence-electron chi connectivity index (χ1n) is 10.5. The van der Waals surface area contributed by atoms with Crippen LogP contribution in [0.15, 0.2) is 53.0 Å². The molecule has 34 heavy (non-hydrogen) atoms. The number of carbonyl (C=O) groups is 1. The van der Waals surface area contributed by atoms with Gasteiger partial charge in [-0.05, 0) is 95.9 Å². The lowest BCUT2D eigenvalue weighted by molar-refractivity contribution is -0.121. The lowest BCUT2D eigenvalue weighted by atomic mass is 10.1. The summed E-state index contributed by atoms with van der Waals surface area (Å²) in [4.78, 5) is 20.3. The van der Waals surface area contributed by atoms with Crippen molar-refractivity contribution in [3.8, 4) is 17.1 Å². The average molecular weight is 558 g/mol. The molecule has 0 spiro atoms. The van der Waals surface area contributed by atoms with Crippen LogP contribution in [0.25, 0.3) is 22.4 Å². The smallest absolute Gasteiger partial charge is 0.264 e. The summed E-state index contributed by atoms with van der Waals surface area (Å²) in [6.07, 6.45) is 0. The van der Waals surface area contributed by atoms with E-state index in [0.717, 1.165) is 43.4 Å². The van der Waals surface area contributed by atoms with E-state index in [1.165, 1.54) is 0 Å². The number of nitrogens with zero attached hydrogens (tertiary/aromatic N) is 1. The zero-order valence-corrected chi connectivity index (χ0v) is 21.9. The van der Waals surface area contributed by atoms with E-state index in [4.69, 9.17) is 28.6 Å². The van der Waals surface area contributed by atoms with Gasteiger partial charge in [0.1, 0.15) is 11.6 Å². The van der Waals surface area contributed by atoms with Crippen molar-refractivity contribution in [2.24, 2.45) is 0 Å². The molecule has 1 aromatic heterocycles. The first-order valence-corrected chi connectivity index (χ1v) is 12.0. The summed E-state index contributed by atoms with van der Waals surface area (Å²) in [7, 11) is 0. The number of aryl methyl sites for hydroxylation is 3. The molecule has 0 aliphatic carbocycles. The topological polar surface area (TPSA) is 79.0 Å². The zero-order valence-electron chi connectivity index (χ0n) is 18.8. The molecule has 0 fully saturated rings. The van der Waals surface area contributed by atoms with Gasteiger partial charge < -0.3 is 15.0 Å². The van der Waals surface area contributed by atoms with Gasteiger partial charge in [0.05, 0.1) is 15.5 Å². The number of aromatic nitrogens is 2. The number of aromatic amines is 1. The molecule has 0 saturated heterocycles. The minimum atomic E-state index is -0.356. The van der Waals surface area contributed by atoms with Crippen LogP contribution < -0.4 is 15.4 Å². The molecule has 0 unspecified atom stereocenters. The van der Waals surface area contributed by atoms with E-state index in [1.807, 2.05) is 69.3 Å². The highest BCUT2D eigenvalue weighted by Crippen LogP contribution is 2.30. The molecule has 0 aliphatic heterocycles. The van der Waals surface area contributed by atoms with Crippen LogP contribution in [-0.4, -0.2) is 27.6 Å². The molecule has 0 saturated carbocycles. The number of rotatable bonds is 5. The first-order chi connectivity index (χ1) is 16.2. The Labute approximate surface area is 216 Å². The number of hydrogen-bond acceptors (Lipinski definition) is 4. The van der Waals surface area contributed by atoms with Gasteiger partial charge in [-0.3, -0.25) is 10.1 Å². The van der Waals surface area contributed by atoms with Crippen molar-refractivity contribution in [1.29, 1.82) is 0 Å². The second kappa shape index (κ2) is 10.1. The van der Waals surface area contributed by atoms with Crippen LogP contribution in [0.5, 0.6) is 5.75 Å². The van der Waals surface area contributed by atoms with E-state index in [-0.39, 0.29) is 17.6 Å². The van der Waals surface area contributed by atoms with Crippen LogP contribution >= 0.6 is 39.7 Å². The Hall–Kier alpha value is -2.94. The monoisotopic (exact) mass is 556 g/mol. The molecule has 3 aromatic carbocycles. The van der Waals surface area contributed by atoms with E-state index in [1.54, 1.807) is 0 Å². The van der Waals surface area contributed by atoms with Gasteiger partial charge in [0, 0.05) is 16.3 Å². The molecule has 174 valence electrons. The van der Waals surface area contributed by atoms with E-state index in [2.05, 4.69) is 36.5 Å². The van der Waals surface area contributed by atoms with Crippen molar-refractivity contribution in [2.75, 3.05) is 11.9 Å². The zero-order chi connectivity index (χ0) is 24.4. The molecule has 4 rings (SSSR count). The Morgan fingerprint density at radius 1 is 1.15 bits per heavy atom. The van der Waals surface area contributed by atoms with Crippen LogP contribution in [-0.2, 0) is 4.79 Å². The van der Waals surface area contributed by atoms with E-state index in [9.17, 15) is 4.79 Å². The van der Waals surface area contributed by atoms with Crippen molar-refractivity contribution in [1.82, 2.24) is 15.3 Å². The Balaban J connectivity index is 1.39. The number of halogens is 2. The van der Waals surface area contributed by atoms with Crippen molar-refractivity contribution in [3.63, 3.8) is 0 Å². The summed E-state index contributed by atoms with van der Waals surface area (Å²) in [5.41, 5.74) is 6.32. The molecular weight excluding hydrogens is 536 g/mol. The fraction of sp³-hybridized carbons (Fsp3) is 0.160. The minimum absolute atomic E-state index is 0.161. The van der Waals surface area contributed by atoms with Gasteiger partial charge in [0.2, 0.25) is 0 Å². The summed E-state index contributed by atoms with van der Waals surface area (Å²) < 4.78 is 6.49. The van der Waals surface area contributed by atoms with Crippen molar-refractivity contribution in [3.05, 3.63) is 74.7 Å². The normalized spacial score (nSPS) is 10.9. The molecule has 0 aliphatic rings. The predicted molar refractivity (Wildman–Crippen MR) is 145 cm³/mol. The Bertz CT molecular complexity index is 1360. The van der Waals surface area contributed by atoms with Gasteiger partial charge in [-0.15, -0.1) is 0 Å². The number of carbonyl (C=O) groups excluding carboxylic acids is 1. The largest absolute Gasteiger partial charge is 0.482 e. The second-order valence-corrected chi connectivity index (χ2v) is 9.64. The minimum Gasteiger partial charge on any atom is -0.482 e. The number of thiocarbonyl (C=S) groups is 1. The number of H-pyrrole nitrogens is 1. The molecular formula is C25H22BrClN4O2S. The lowest BCUT2D eigenvalue weighted by Crippen LogP contribution is -2.37. The molecule has 0 radical (unpaired) electrons. The third kappa shape index (κ3) is 5.58. The van der Waals surface area contributed by atoms with Gasteiger partial charge >= 0.3 is 0 Å². The second-order valence-electron chi connectivity index (χ2n) is 7.97. The molecule has 1 amide bonds. The van der Waals surface area contributed by atoms with Gasteiger partial charge in [0.15, 0.2) is 11.7 Å². The van der Waals surface area contributed by atoms with Gasteiger partial charge in [-0.2, -0.15) is 0 Å². The maximum Gasteiger partial charge on any atom is 0.264 e. The fourth-order valence-corrected chi connectivity index (χ4v) is 4.75. The van der Waals surface area contributed by atoms with Gasteiger partial charge in [-0.1, -0.05) is 29.8 Å². The number of benzene rings is 3. The number of imidazole rings is 1. The molecule has 0 bridgehead atoms. The van der Waals surface area contributed by atoms with Crippen LogP contribution in [0, 0.1) is 20.8 Å². The summed E-state index contributed by atoms with van der Waals surface area (Å²) in [5.74, 6) is 0.988. The highest BCUT2D eigenvalue weighted by atomic mass is 79.9. The number of nitrogens with one attached hydrogen (secondary N) is 3. The summed E-state index contributed by atoms with van der Waals surface area (Å²) in [6, 6.07) is 15.3. The third-order valence-corrected chi connectivity index (χ3v) is 6.33. The first kappa shape index (κ1) is 24.2. The molecule has 1 heterocycles. The quantitative estimate of drug-likeness (QED) is 0.245. The van der Waals surface area contributed by atoms with Crippen molar-refractivity contribution >= 4 is 67.5 Å². The average Bonchev–Trinajstić information content (AvgIpc) is 3.16. The molecule has 0 atom stereocenters. The van der Waals surface area contributed by atoms with Gasteiger partial charge in [0.25, 0.3) is 5.91 Å². The maximum atomic E-state index is 12.3. The van der Waals surface area contributed by atoms with Crippen molar-refractivity contribution < 1.29 is 9.53 Å². The van der Waals surface area contributed by atoms with Gasteiger partial charge in [-0.25, -0.2) is 4.98 Å². The van der Waals surface area contributed by atoms with Crippen LogP contribution in [0.3, 0.4) is 0 Å². The Kier molecular flexibility index (Phi) is 7.21.